The molecule has 1 aliphatic heterocycles. The van der Waals surface area contributed by atoms with Gasteiger partial charge in [-0.05, 0) is 33.5 Å². The van der Waals surface area contributed by atoms with Crippen molar-refractivity contribution in [1.82, 2.24) is 10.2 Å². The molecular weight excluding hydrogens is 216 g/mol. The maximum absolute atomic E-state index is 5.86. The minimum Gasteiger partial charge on any atom is -0.347 e. The van der Waals surface area contributed by atoms with E-state index in [-0.39, 0.29) is 5.79 Å². The number of nitrogens with one attached hydrogen (secondary N) is 1. The second-order valence-corrected chi connectivity index (χ2v) is 5.29. The van der Waals surface area contributed by atoms with E-state index in [1.807, 2.05) is 0 Å². The average Bonchev–Trinajstić information content (AvgIpc) is 2.78. The molecule has 1 aliphatic carbocycles. The fourth-order valence-corrected chi connectivity index (χ4v) is 3.21. The van der Waals surface area contributed by atoms with Gasteiger partial charge in [0.2, 0.25) is 0 Å². The van der Waals surface area contributed by atoms with Crippen LogP contribution in [0, 0.1) is 0 Å². The van der Waals surface area contributed by atoms with Crippen molar-refractivity contribution in [2.45, 2.75) is 50.5 Å². The Hall–Kier alpha value is -0.160. The van der Waals surface area contributed by atoms with Gasteiger partial charge in [-0.2, -0.15) is 0 Å². The third-order valence-corrected chi connectivity index (χ3v) is 4.15. The standard InChI is InChI=1S/C13H26N2O2/c1-4-7-15(3)12-10-13(16-8-9-17-13)6-5-11(12)14-2/h11-12,14H,4-10H2,1-3H3. The molecule has 2 atom stereocenters. The first-order chi connectivity index (χ1) is 8.21. The van der Waals surface area contributed by atoms with Crippen LogP contribution < -0.4 is 5.32 Å². The molecule has 0 amide bonds. The van der Waals surface area contributed by atoms with Crippen LogP contribution in [0.15, 0.2) is 0 Å². The van der Waals surface area contributed by atoms with Crippen LogP contribution in [0.4, 0.5) is 0 Å². The van der Waals surface area contributed by atoms with Gasteiger partial charge in [0.05, 0.1) is 13.2 Å². The van der Waals surface area contributed by atoms with Crippen LogP contribution in [-0.4, -0.2) is 56.6 Å². The van der Waals surface area contributed by atoms with Crippen LogP contribution in [0.1, 0.15) is 32.6 Å². The molecule has 0 aromatic rings. The van der Waals surface area contributed by atoms with Gasteiger partial charge >= 0.3 is 0 Å². The van der Waals surface area contributed by atoms with Crippen molar-refractivity contribution < 1.29 is 9.47 Å². The molecule has 1 spiro atoms. The number of hydrogen-bond acceptors (Lipinski definition) is 4. The molecule has 0 aromatic carbocycles. The predicted molar refractivity (Wildman–Crippen MR) is 68.0 cm³/mol. The smallest absolute Gasteiger partial charge is 0.170 e. The maximum atomic E-state index is 5.86. The Morgan fingerprint density at radius 3 is 2.65 bits per heavy atom. The molecule has 17 heavy (non-hydrogen) atoms. The van der Waals surface area contributed by atoms with Gasteiger partial charge in [0.25, 0.3) is 0 Å². The minimum atomic E-state index is -0.278. The Morgan fingerprint density at radius 2 is 2.06 bits per heavy atom. The van der Waals surface area contributed by atoms with E-state index in [0.717, 1.165) is 39.0 Å². The van der Waals surface area contributed by atoms with Crippen LogP contribution in [0.3, 0.4) is 0 Å². The van der Waals surface area contributed by atoms with Gasteiger partial charge in [-0.15, -0.1) is 0 Å². The zero-order valence-electron chi connectivity index (χ0n) is 11.4. The van der Waals surface area contributed by atoms with Crippen molar-refractivity contribution in [1.29, 1.82) is 0 Å². The van der Waals surface area contributed by atoms with Crippen molar-refractivity contribution in [3.05, 3.63) is 0 Å². The minimum absolute atomic E-state index is 0.278. The van der Waals surface area contributed by atoms with Crippen LogP contribution in [-0.2, 0) is 9.47 Å². The van der Waals surface area contributed by atoms with Gasteiger partial charge in [0.1, 0.15) is 0 Å². The first-order valence-electron chi connectivity index (χ1n) is 6.86. The number of rotatable bonds is 4. The topological polar surface area (TPSA) is 33.7 Å². The highest BCUT2D eigenvalue weighted by Gasteiger charge is 2.45. The van der Waals surface area contributed by atoms with Crippen LogP contribution in [0.25, 0.3) is 0 Å². The normalized spacial score (nSPS) is 32.5. The summed E-state index contributed by atoms with van der Waals surface area (Å²) in [6.07, 6.45) is 4.34. The summed E-state index contributed by atoms with van der Waals surface area (Å²) in [5.41, 5.74) is 0. The van der Waals surface area contributed by atoms with E-state index in [1.54, 1.807) is 0 Å². The zero-order chi connectivity index (χ0) is 12.3. The Balaban J connectivity index is 2.02. The third kappa shape index (κ3) is 2.81. The van der Waals surface area contributed by atoms with E-state index in [4.69, 9.17) is 9.47 Å². The lowest BCUT2D eigenvalue weighted by Crippen LogP contribution is -2.56. The molecule has 0 radical (unpaired) electrons. The Morgan fingerprint density at radius 1 is 1.35 bits per heavy atom. The highest BCUT2D eigenvalue weighted by Crippen LogP contribution is 2.37. The highest BCUT2D eigenvalue weighted by molar-refractivity contribution is 4.95. The number of nitrogens with zero attached hydrogens (tertiary/aromatic N) is 1. The van der Waals surface area contributed by atoms with Gasteiger partial charge < -0.3 is 19.7 Å². The second kappa shape index (κ2) is 5.65. The molecule has 1 N–H and O–H groups in total. The molecular formula is C13H26N2O2. The lowest BCUT2D eigenvalue weighted by atomic mass is 9.84. The lowest BCUT2D eigenvalue weighted by molar-refractivity contribution is -0.192. The first kappa shape index (κ1) is 13.3. The second-order valence-electron chi connectivity index (χ2n) is 5.29. The molecule has 1 saturated carbocycles. The van der Waals surface area contributed by atoms with E-state index in [1.165, 1.54) is 6.42 Å². The van der Waals surface area contributed by atoms with Crippen molar-refractivity contribution in [3.8, 4) is 0 Å². The van der Waals surface area contributed by atoms with Crippen LogP contribution in [0.5, 0.6) is 0 Å². The highest BCUT2D eigenvalue weighted by atomic mass is 16.7. The molecule has 100 valence electrons. The quantitative estimate of drug-likeness (QED) is 0.803. The molecule has 2 fully saturated rings. The SMILES string of the molecule is CCCN(C)C1CC2(CCC1NC)OCCO2. The third-order valence-electron chi connectivity index (χ3n) is 4.15. The van der Waals surface area contributed by atoms with Gasteiger partial charge in [0.15, 0.2) is 5.79 Å². The van der Waals surface area contributed by atoms with E-state index in [9.17, 15) is 0 Å². The summed E-state index contributed by atoms with van der Waals surface area (Å²) in [5.74, 6) is -0.278. The number of hydrogen-bond donors (Lipinski definition) is 1. The fraction of sp³-hybridized carbons (Fsp3) is 1.00. The summed E-state index contributed by atoms with van der Waals surface area (Å²) in [6.45, 7) is 4.88. The molecule has 1 heterocycles. The molecule has 4 heteroatoms. The van der Waals surface area contributed by atoms with Crippen LogP contribution in [0.2, 0.25) is 0 Å². The molecule has 1 saturated heterocycles. The van der Waals surface area contributed by atoms with Gasteiger partial charge in [-0.3, -0.25) is 0 Å². The summed E-state index contributed by atoms with van der Waals surface area (Å²) in [7, 11) is 4.28. The largest absolute Gasteiger partial charge is 0.347 e. The predicted octanol–water partition coefficient (Wildman–Crippen LogP) is 1.21. The van der Waals surface area contributed by atoms with E-state index in [2.05, 4.69) is 31.2 Å². The number of ether oxygens (including phenoxy) is 2. The van der Waals surface area contributed by atoms with Crippen molar-refractivity contribution in [2.75, 3.05) is 33.9 Å². The summed E-state index contributed by atoms with van der Waals surface area (Å²) < 4.78 is 11.7. The van der Waals surface area contributed by atoms with E-state index >= 15 is 0 Å². The van der Waals surface area contributed by atoms with Crippen molar-refractivity contribution >= 4 is 0 Å². The van der Waals surface area contributed by atoms with Crippen molar-refractivity contribution in [3.63, 3.8) is 0 Å². The van der Waals surface area contributed by atoms with Gasteiger partial charge in [-0.25, -0.2) is 0 Å². The van der Waals surface area contributed by atoms with Gasteiger partial charge in [-0.1, -0.05) is 6.92 Å². The fourth-order valence-electron chi connectivity index (χ4n) is 3.21. The molecule has 2 aliphatic rings. The van der Waals surface area contributed by atoms with Gasteiger partial charge in [0, 0.05) is 24.9 Å². The molecule has 2 rings (SSSR count). The van der Waals surface area contributed by atoms with Crippen LogP contribution >= 0.6 is 0 Å². The van der Waals surface area contributed by atoms with Crippen molar-refractivity contribution in [2.24, 2.45) is 0 Å². The first-order valence-corrected chi connectivity index (χ1v) is 6.86. The average molecular weight is 242 g/mol. The molecule has 0 bridgehead atoms. The summed E-state index contributed by atoms with van der Waals surface area (Å²) in [4.78, 5) is 2.45. The summed E-state index contributed by atoms with van der Waals surface area (Å²) in [5, 5.41) is 3.45. The van der Waals surface area contributed by atoms with E-state index < -0.39 is 0 Å². The number of likely N-dealkylation sites (N-methyl/N-ethyl adjacent to an activating group) is 2. The summed E-state index contributed by atoms with van der Waals surface area (Å²) >= 11 is 0. The Bertz CT molecular complexity index is 242. The molecule has 0 aromatic heterocycles. The lowest BCUT2D eigenvalue weighted by Gasteiger charge is -2.44. The zero-order valence-corrected chi connectivity index (χ0v) is 11.4. The molecule has 2 unspecified atom stereocenters. The van der Waals surface area contributed by atoms with E-state index in [0.29, 0.717) is 12.1 Å². The maximum Gasteiger partial charge on any atom is 0.170 e. The monoisotopic (exact) mass is 242 g/mol. The summed E-state index contributed by atoms with van der Waals surface area (Å²) in [6, 6.07) is 1.08. The Kier molecular flexibility index (Phi) is 4.42. The molecule has 4 nitrogen and oxygen atoms in total. The Labute approximate surface area is 105 Å².